The fraction of sp³-hybridized carbons (Fsp3) is 0.238. The third-order valence-corrected chi connectivity index (χ3v) is 4.08. The molecule has 0 aliphatic heterocycles. The number of aromatic nitrogens is 2. The lowest BCUT2D eigenvalue weighted by atomic mass is 10.1. The Balaban J connectivity index is 1.65. The van der Waals surface area contributed by atoms with Gasteiger partial charge in [0.1, 0.15) is 0 Å². The van der Waals surface area contributed by atoms with Gasteiger partial charge in [0.15, 0.2) is 5.96 Å². The largest absolute Gasteiger partial charge is 0.357 e. The Morgan fingerprint density at radius 3 is 2.65 bits per heavy atom. The summed E-state index contributed by atoms with van der Waals surface area (Å²) in [5, 5.41) is 6.44. The number of hydrogen-bond acceptors (Lipinski definition) is 2. The molecule has 3 aromatic rings. The molecule has 0 aliphatic carbocycles. The molecule has 0 radical (unpaired) electrons. The van der Waals surface area contributed by atoms with Crippen LogP contribution in [-0.2, 0) is 13.1 Å². The van der Waals surface area contributed by atoms with Crippen LogP contribution in [0.3, 0.4) is 0 Å². The lowest BCUT2D eigenvalue weighted by Gasteiger charge is -2.09. The standard InChI is InChI=1S/C21H25N5/c1-3-13-23-21(22-4-2)24-14-17-9-11-18(12-10-17)15-26-16-25-19-7-5-6-8-20(19)26/h3,5-12,16H,1,4,13-15H2,2H3,(H2,22,23,24). The highest BCUT2D eigenvalue weighted by molar-refractivity contribution is 5.79. The molecule has 2 aromatic carbocycles. The molecular weight excluding hydrogens is 322 g/mol. The van der Waals surface area contributed by atoms with Crippen LogP contribution in [0, 0.1) is 0 Å². The normalized spacial score (nSPS) is 11.5. The van der Waals surface area contributed by atoms with E-state index in [9.17, 15) is 0 Å². The van der Waals surface area contributed by atoms with Gasteiger partial charge < -0.3 is 15.2 Å². The minimum absolute atomic E-state index is 0.640. The number of imidazole rings is 1. The molecule has 134 valence electrons. The van der Waals surface area contributed by atoms with Crippen molar-refractivity contribution in [2.24, 2.45) is 4.99 Å². The zero-order chi connectivity index (χ0) is 18.2. The molecule has 3 rings (SSSR count). The molecule has 0 fully saturated rings. The van der Waals surface area contributed by atoms with Crippen LogP contribution in [0.4, 0.5) is 0 Å². The number of nitrogens with zero attached hydrogens (tertiary/aromatic N) is 3. The second kappa shape index (κ2) is 8.85. The van der Waals surface area contributed by atoms with Crippen LogP contribution in [0.2, 0.25) is 0 Å². The first kappa shape index (κ1) is 17.7. The minimum atomic E-state index is 0.640. The van der Waals surface area contributed by atoms with E-state index in [0.29, 0.717) is 13.1 Å². The zero-order valence-electron chi connectivity index (χ0n) is 15.2. The third-order valence-electron chi connectivity index (χ3n) is 4.08. The van der Waals surface area contributed by atoms with Crippen molar-refractivity contribution < 1.29 is 0 Å². The van der Waals surface area contributed by atoms with Gasteiger partial charge in [0.05, 0.1) is 23.9 Å². The maximum Gasteiger partial charge on any atom is 0.191 e. The van der Waals surface area contributed by atoms with Crippen molar-refractivity contribution in [1.82, 2.24) is 20.2 Å². The van der Waals surface area contributed by atoms with Gasteiger partial charge >= 0.3 is 0 Å². The quantitative estimate of drug-likeness (QED) is 0.392. The maximum absolute atomic E-state index is 4.60. The van der Waals surface area contributed by atoms with Gasteiger partial charge in [0.2, 0.25) is 0 Å². The van der Waals surface area contributed by atoms with Gasteiger partial charge in [-0.05, 0) is 30.2 Å². The molecule has 0 bridgehead atoms. The fourth-order valence-corrected chi connectivity index (χ4v) is 2.76. The predicted molar refractivity (Wildman–Crippen MR) is 108 cm³/mol. The van der Waals surface area contributed by atoms with Crippen LogP contribution in [-0.4, -0.2) is 28.6 Å². The third kappa shape index (κ3) is 4.51. The summed E-state index contributed by atoms with van der Waals surface area (Å²) in [4.78, 5) is 9.05. The number of benzene rings is 2. The first-order valence-electron chi connectivity index (χ1n) is 8.91. The van der Waals surface area contributed by atoms with Gasteiger partial charge in [-0.3, -0.25) is 0 Å². The van der Waals surface area contributed by atoms with Gasteiger partial charge in [-0.2, -0.15) is 0 Å². The molecule has 0 spiro atoms. The highest BCUT2D eigenvalue weighted by atomic mass is 15.2. The van der Waals surface area contributed by atoms with Gasteiger partial charge in [0, 0.05) is 19.6 Å². The van der Waals surface area contributed by atoms with Crippen LogP contribution in [0.5, 0.6) is 0 Å². The van der Waals surface area contributed by atoms with E-state index in [2.05, 4.69) is 69.0 Å². The van der Waals surface area contributed by atoms with E-state index in [-0.39, 0.29) is 0 Å². The second-order valence-corrected chi connectivity index (χ2v) is 6.04. The van der Waals surface area contributed by atoms with Crippen molar-refractivity contribution in [1.29, 1.82) is 0 Å². The molecule has 1 heterocycles. The summed E-state index contributed by atoms with van der Waals surface area (Å²) in [6.45, 7) is 8.76. The van der Waals surface area contributed by atoms with Crippen molar-refractivity contribution in [2.45, 2.75) is 20.0 Å². The minimum Gasteiger partial charge on any atom is -0.357 e. The summed E-state index contributed by atoms with van der Waals surface area (Å²) >= 11 is 0. The van der Waals surface area contributed by atoms with E-state index in [0.717, 1.165) is 30.1 Å². The van der Waals surface area contributed by atoms with E-state index in [1.807, 2.05) is 30.6 Å². The molecule has 5 nitrogen and oxygen atoms in total. The van der Waals surface area contributed by atoms with E-state index >= 15 is 0 Å². The lowest BCUT2D eigenvalue weighted by molar-refractivity contribution is 0.823. The van der Waals surface area contributed by atoms with E-state index in [4.69, 9.17) is 0 Å². The Bertz CT molecular complexity index is 877. The number of hydrogen-bond donors (Lipinski definition) is 2. The topological polar surface area (TPSA) is 54.2 Å². The Kier molecular flexibility index (Phi) is 6.04. The molecule has 0 saturated carbocycles. The summed E-state index contributed by atoms with van der Waals surface area (Å²) in [6.07, 6.45) is 3.72. The van der Waals surface area contributed by atoms with Gasteiger partial charge in [-0.1, -0.05) is 42.5 Å². The fourth-order valence-electron chi connectivity index (χ4n) is 2.76. The van der Waals surface area contributed by atoms with E-state index < -0.39 is 0 Å². The molecule has 26 heavy (non-hydrogen) atoms. The van der Waals surface area contributed by atoms with Gasteiger partial charge in [0.25, 0.3) is 0 Å². The number of rotatable bonds is 7. The van der Waals surface area contributed by atoms with Gasteiger partial charge in [-0.25, -0.2) is 9.98 Å². The molecule has 0 unspecified atom stereocenters. The SMILES string of the molecule is C=CCNC(=NCc1ccc(Cn2cnc3ccccc32)cc1)NCC. The Hall–Kier alpha value is -3.08. The van der Waals surface area contributed by atoms with Crippen LogP contribution in [0.1, 0.15) is 18.1 Å². The highest BCUT2D eigenvalue weighted by Crippen LogP contribution is 2.14. The van der Waals surface area contributed by atoms with Crippen LogP contribution in [0.25, 0.3) is 11.0 Å². The number of nitrogens with one attached hydrogen (secondary N) is 2. The number of fused-ring (bicyclic) bond motifs is 1. The van der Waals surface area contributed by atoms with Crippen LogP contribution >= 0.6 is 0 Å². The smallest absolute Gasteiger partial charge is 0.191 e. The molecule has 0 saturated heterocycles. The Morgan fingerprint density at radius 2 is 1.88 bits per heavy atom. The molecule has 5 heteroatoms. The number of para-hydroxylation sites is 2. The summed E-state index contributed by atoms with van der Waals surface area (Å²) in [6, 6.07) is 16.8. The summed E-state index contributed by atoms with van der Waals surface area (Å²) in [7, 11) is 0. The first-order valence-corrected chi connectivity index (χ1v) is 8.91. The van der Waals surface area contributed by atoms with E-state index in [1.54, 1.807) is 0 Å². The van der Waals surface area contributed by atoms with Crippen molar-refractivity contribution in [3.8, 4) is 0 Å². The van der Waals surface area contributed by atoms with Crippen molar-refractivity contribution in [2.75, 3.05) is 13.1 Å². The van der Waals surface area contributed by atoms with E-state index in [1.165, 1.54) is 11.1 Å². The molecular formula is C21H25N5. The second-order valence-electron chi connectivity index (χ2n) is 6.04. The number of aliphatic imine (C=N–C) groups is 1. The van der Waals surface area contributed by atoms with Crippen molar-refractivity contribution in [3.63, 3.8) is 0 Å². The lowest BCUT2D eigenvalue weighted by Crippen LogP contribution is -2.37. The summed E-state index contributed by atoms with van der Waals surface area (Å²) < 4.78 is 2.17. The summed E-state index contributed by atoms with van der Waals surface area (Å²) in [5.41, 5.74) is 4.61. The maximum atomic E-state index is 4.60. The average molecular weight is 347 g/mol. The molecule has 1 aromatic heterocycles. The molecule has 0 aliphatic rings. The van der Waals surface area contributed by atoms with Gasteiger partial charge in [-0.15, -0.1) is 6.58 Å². The van der Waals surface area contributed by atoms with Crippen LogP contribution in [0.15, 0.2) is 72.5 Å². The predicted octanol–water partition coefficient (Wildman–Crippen LogP) is 3.33. The molecule has 2 N–H and O–H groups in total. The van der Waals surface area contributed by atoms with Crippen molar-refractivity contribution >= 4 is 17.0 Å². The van der Waals surface area contributed by atoms with Crippen molar-refractivity contribution in [3.05, 3.63) is 78.6 Å². The monoisotopic (exact) mass is 347 g/mol. The molecule has 0 amide bonds. The average Bonchev–Trinajstić information content (AvgIpc) is 3.08. The first-order chi connectivity index (χ1) is 12.8. The molecule has 0 atom stereocenters. The zero-order valence-corrected chi connectivity index (χ0v) is 15.2. The summed E-state index contributed by atoms with van der Waals surface area (Å²) in [5.74, 6) is 0.807. The van der Waals surface area contributed by atoms with Crippen LogP contribution < -0.4 is 10.6 Å². The Morgan fingerprint density at radius 1 is 1.12 bits per heavy atom. The highest BCUT2D eigenvalue weighted by Gasteiger charge is 2.03. The number of guanidine groups is 1. The Labute approximate surface area is 154 Å².